The number of ether oxygens (including phenoxy) is 1. The number of imidazole rings is 1. The molecule has 2 aliphatic rings. The number of benzene rings is 1. The lowest BCUT2D eigenvalue weighted by Crippen LogP contribution is -2.51. The summed E-state index contributed by atoms with van der Waals surface area (Å²) in [4.78, 5) is 51.2. The van der Waals surface area contributed by atoms with Crippen LogP contribution < -0.4 is 5.32 Å². The number of nitrogens with zero attached hydrogens (tertiary/aromatic N) is 3. The first kappa shape index (κ1) is 25.3. The monoisotopic (exact) mass is 523 g/mol. The zero-order valence-electron chi connectivity index (χ0n) is 21.6. The zero-order valence-corrected chi connectivity index (χ0v) is 22.4. The van der Waals surface area contributed by atoms with E-state index < -0.39 is 5.60 Å². The van der Waals surface area contributed by atoms with Crippen molar-refractivity contribution in [2.75, 3.05) is 26.2 Å². The average molecular weight is 524 g/mol. The van der Waals surface area contributed by atoms with Crippen LogP contribution in [0.4, 0.5) is 4.79 Å². The maximum atomic E-state index is 13.1. The summed E-state index contributed by atoms with van der Waals surface area (Å²) in [5.74, 6) is 0.845. The lowest BCUT2D eigenvalue weighted by atomic mass is 10.2. The summed E-state index contributed by atoms with van der Waals surface area (Å²) < 4.78 is 5.43. The molecule has 1 saturated heterocycles. The standard InChI is InChI=1S/C27H33N5O4S/c1-16(28-24(33)18-15-17(18)23-29-19-7-5-6-8-20(19)30-23)21-9-10-22(37-21)25(34)31-11-13-32(14-12-31)26(35)36-27(2,3)4/h5-10,16-18H,11-15H2,1-4H3,(H,28,33)(H,29,30)/t16-,17?,18?/m1/s1. The molecule has 0 bridgehead atoms. The Balaban J connectivity index is 1.12. The number of amides is 3. The van der Waals surface area contributed by atoms with Gasteiger partial charge in [0.05, 0.1) is 22.0 Å². The van der Waals surface area contributed by atoms with Gasteiger partial charge in [-0.1, -0.05) is 12.1 Å². The van der Waals surface area contributed by atoms with E-state index in [1.165, 1.54) is 11.3 Å². The fraction of sp³-hybridized carbons (Fsp3) is 0.481. The molecule has 2 unspecified atom stereocenters. The molecule has 3 atom stereocenters. The molecular weight excluding hydrogens is 490 g/mol. The number of fused-ring (bicyclic) bond motifs is 1. The molecule has 2 fully saturated rings. The highest BCUT2D eigenvalue weighted by atomic mass is 32.1. The number of hydrogen-bond donors (Lipinski definition) is 2. The van der Waals surface area contributed by atoms with E-state index in [0.717, 1.165) is 28.2 Å². The van der Waals surface area contributed by atoms with Gasteiger partial charge in [0, 0.05) is 42.9 Å². The van der Waals surface area contributed by atoms with Gasteiger partial charge in [-0.15, -0.1) is 11.3 Å². The Kier molecular flexibility index (Phi) is 6.70. The van der Waals surface area contributed by atoms with Crippen molar-refractivity contribution < 1.29 is 19.1 Å². The Labute approximate surface area is 220 Å². The minimum atomic E-state index is -0.544. The molecule has 0 radical (unpaired) electrons. The predicted molar refractivity (Wildman–Crippen MR) is 142 cm³/mol. The van der Waals surface area contributed by atoms with Crippen molar-refractivity contribution in [3.8, 4) is 0 Å². The van der Waals surface area contributed by atoms with Crippen LogP contribution in [-0.4, -0.2) is 69.5 Å². The van der Waals surface area contributed by atoms with Gasteiger partial charge in [0.25, 0.3) is 5.91 Å². The molecule has 1 aromatic carbocycles. The molecule has 37 heavy (non-hydrogen) atoms. The summed E-state index contributed by atoms with van der Waals surface area (Å²) in [5, 5.41) is 3.11. The van der Waals surface area contributed by atoms with E-state index in [1.807, 2.05) is 64.1 Å². The number of aromatic amines is 1. The number of piperazine rings is 1. The molecule has 3 amide bonds. The van der Waals surface area contributed by atoms with E-state index in [-0.39, 0.29) is 35.8 Å². The van der Waals surface area contributed by atoms with Gasteiger partial charge in [0.2, 0.25) is 5.91 Å². The Morgan fingerprint density at radius 1 is 1.08 bits per heavy atom. The minimum Gasteiger partial charge on any atom is -0.444 e. The number of H-pyrrole nitrogens is 1. The number of para-hydroxylation sites is 2. The largest absolute Gasteiger partial charge is 0.444 e. The Morgan fingerprint density at radius 2 is 1.78 bits per heavy atom. The lowest BCUT2D eigenvalue weighted by Gasteiger charge is -2.35. The quantitative estimate of drug-likeness (QED) is 0.519. The van der Waals surface area contributed by atoms with E-state index in [0.29, 0.717) is 31.1 Å². The second-order valence-electron chi connectivity index (χ2n) is 10.8. The molecule has 5 rings (SSSR count). The number of hydrogen-bond acceptors (Lipinski definition) is 6. The second kappa shape index (κ2) is 9.81. The first-order valence-electron chi connectivity index (χ1n) is 12.7. The van der Waals surface area contributed by atoms with Gasteiger partial charge in [0.15, 0.2) is 0 Å². The highest BCUT2D eigenvalue weighted by Crippen LogP contribution is 2.47. The van der Waals surface area contributed by atoms with Gasteiger partial charge in [-0.25, -0.2) is 9.78 Å². The Hall–Kier alpha value is -3.40. The van der Waals surface area contributed by atoms with Crippen molar-refractivity contribution >= 4 is 40.3 Å². The lowest BCUT2D eigenvalue weighted by molar-refractivity contribution is -0.123. The molecule has 2 aromatic heterocycles. The predicted octanol–water partition coefficient (Wildman–Crippen LogP) is 4.30. The van der Waals surface area contributed by atoms with Gasteiger partial charge >= 0.3 is 6.09 Å². The van der Waals surface area contributed by atoms with Crippen molar-refractivity contribution in [2.45, 2.75) is 51.7 Å². The van der Waals surface area contributed by atoms with Crippen molar-refractivity contribution in [1.82, 2.24) is 25.1 Å². The summed E-state index contributed by atoms with van der Waals surface area (Å²) >= 11 is 1.40. The zero-order chi connectivity index (χ0) is 26.3. The van der Waals surface area contributed by atoms with Crippen LogP contribution in [0.25, 0.3) is 11.0 Å². The molecule has 3 aromatic rings. The molecule has 196 valence electrons. The van der Waals surface area contributed by atoms with Crippen LogP contribution in [0, 0.1) is 5.92 Å². The molecule has 2 N–H and O–H groups in total. The van der Waals surface area contributed by atoms with Crippen molar-refractivity contribution in [1.29, 1.82) is 0 Å². The van der Waals surface area contributed by atoms with Gasteiger partial charge in [-0.2, -0.15) is 0 Å². The van der Waals surface area contributed by atoms with Crippen molar-refractivity contribution in [3.05, 3.63) is 52.0 Å². The Bertz CT molecular complexity index is 1280. The van der Waals surface area contributed by atoms with Crippen LogP contribution in [0.2, 0.25) is 0 Å². The third-order valence-corrected chi connectivity index (χ3v) is 7.98. The van der Waals surface area contributed by atoms with E-state index >= 15 is 0 Å². The van der Waals surface area contributed by atoms with Crippen LogP contribution in [0.3, 0.4) is 0 Å². The highest BCUT2D eigenvalue weighted by molar-refractivity contribution is 7.14. The molecule has 0 spiro atoms. The molecule has 10 heteroatoms. The Morgan fingerprint density at radius 3 is 2.49 bits per heavy atom. The van der Waals surface area contributed by atoms with Crippen LogP contribution in [0.1, 0.15) is 66.4 Å². The number of carbonyl (C=O) groups is 3. The third kappa shape index (κ3) is 5.64. The number of thiophene rings is 1. The molecular formula is C27H33N5O4S. The minimum absolute atomic E-state index is 0.0116. The number of rotatable bonds is 5. The number of nitrogens with one attached hydrogen (secondary N) is 2. The third-order valence-electron chi connectivity index (χ3n) is 6.73. The van der Waals surface area contributed by atoms with E-state index in [2.05, 4.69) is 15.3 Å². The topological polar surface area (TPSA) is 108 Å². The normalized spacial score (nSPS) is 20.5. The van der Waals surface area contributed by atoms with Gasteiger partial charge in [0.1, 0.15) is 11.4 Å². The average Bonchev–Trinajstić information content (AvgIpc) is 3.30. The van der Waals surface area contributed by atoms with E-state index in [9.17, 15) is 14.4 Å². The maximum Gasteiger partial charge on any atom is 0.410 e. The van der Waals surface area contributed by atoms with Crippen LogP contribution >= 0.6 is 11.3 Å². The summed E-state index contributed by atoms with van der Waals surface area (Å²) in [6.45, 7) is 9.27. The van der Waals surface area contributed by atoms with Crippen LogP contribution in [0.5, 0.6) is 0 Å². The van der Waals surface area contributed by atoms with Crippen molar-refractivity contribution in [3.63, 3.8) is 0 Å². The SMILES string of the molecule is C[C@@H](NC(=O)C1CC1c1nc2ccccc2[nH]1)c1ccc(C(=O)N2CCN(C(=O)OC(C)(C)C)CC2)s1. The fourth-order valence-corrected chi connectivity index (χ4v) is 5.58. The summed E-state index contributed by atoms with van der Waals surface area (Å²) in [7, 11) is 0. The van der Waals surface area contributed by atoms with E-state index in [1.54, 1.807) is 9.80 Å². The first-order chi connectivity index (χ1) is 17.6. The molecule has 1 aliphatic carbocycles. The first-order valence-corrected chi connectivity index (χ1v) is 13.5. The molecule has 1 aliphatic heterocycles. The van der Waals surface area contributed by atoms with Gasteiger partial charge in [-0.05, 0) is 58.4 Å². The van der Waals surface area contributed by atoms with Gasteiger partial charge in [-0.3, -0.25) is 9.59 Å². The van der Waals surface area contributed by atoms with Gasteiger partial charge < -0.3 is 24.8 Å². The number of aromatic nitrogens is 2. The smallest absolute Gasteiger partial charge is 0.410 e. The summed E-state index contributed by atoms with van der Waals surface area (Å²) in [5.41, 5.74) is 1.36. The van der Waals surface area contributed by atoms with Crippen molar-refractivity contribution in [2.24, 2.45) is 5.92 Å². The highest BCUT2D eigenvalue weighted by Gasteiger charge is 2.46. The molecule has 1 saturated carbocycles. The van der Waals surface area contributed by atoms with Crippen LogP contribution in [0.15, 0.2) is 36.4 Å². The molecule has 9 nitrogen and oxygen atoms in total. The molecule has 3 heterocycles. The second-order valence-corrected chi connectivity index (χ2v) is 11.9. The van der Waals surface area contributed by atoms with Crippen LogP contribution in [-0.2, 0) is 9.53 Å². The maximum absolute atomic E-state index is 13.1. The van der Waals surface area contributed by atoms with E-state index in [4.69, 9.17) is 4.74 Å². The summed E-state index contributed by atoms with van der Waals surface area (Å²) in [6, 6.07) is 11.4. The fourth-order valence-electron chi connectivity index (χ4n) is 4.60. The summed E-state index contributed by atoms with van der Waals surface area (Å²) in [6.07, 6.45) is 0.433. The number of carbonyl (C=O) groups excluding carboxylic acids is 3.